The molecule has 0 bridgehead atoms. The first-order valence-corrected chi connectivity index (χ1v) is 6.82. The molecule has 1 N–H and O–H groups in total. The van der Waals surface area contributed by atoms with Crippen molar-refractivity contribution in [1.29, 1.82) is 0 Å². The van der Waals surface area contributed by atoms with Crippen LogP contribution in [0.1, 0.15) is 27.2 Å². The fourth-order valence-corrected chi connectivity index (χ4v) is 2.39. The summed E-state index contributed by atoms with van der Waals surface area (Å²) < 4.78 is 28.8. The van der Waals surface area contributed by atoms with E-state index in [-0.39, 0.29) is 0 Å². The maximum absolute atomic E-state index is 11.9. The summed E-state index contributed by atoms with van der Waals surface area (Å²) in [5, 5.41) is 3.54. The fourth-order valence-electron chi connectivity index (χ4n) is 2.39. The molecule has 3 nitrogen and oxygen atoms in total. The Hall–Kier alpha value is -0.260. The monoisotopic (exact) mass is 264 g/mol. The van der Waals surface area contributed by atoms with Crippen LogP contribution in [0.2, 0.25) is 0 Å². The van der Waals surface area contributed by atoms with Gasteiger partial charge in [-0.3, -0.25) is 4.90 Å². The molecule has 1 saturated heterocycles. The standard InChI is InChI=1S/C13H26F2N2O/c1-10(2)6-12-8-17(11(3)7-16-12)4-5-18-9-13(14)15/h10-13,16H,4-9H2,1-3H3. The number of piperazine rings is 1. The molecule has 1 aliphatic rings. The second-order valence-corrected chi connectivity index (χ2v) is 5.54. The minimum absolute atomic E-state index is 0.392. The van der Waals surface area contributed by atoms with Gasteiger partial charge in [0.2, 0.25) is 0 Å². The quantitative estimate of drug-likeness (QED) is 0.712. The van der Waals surface area contributed by atoms with E-state index in [2.05, 4.69) is 31.0 Å². The van der Waals surface area contributed by atoms with Crippen molar-refractivity contribution in [1.82, 2.24) is 10.2 Å². The van der Waals surface area contributed by atoms with Gasteiger partial charge in [-0.2, -0.15) is 0 Å². The van der Waals surface area contributed by atoms with Crippen molar-refractivity contribution in [2.24, 2.45) is 5.92 Å². The van der Waals surface area contributed by atoms with Gasteiger partial charge in [-0.15, -0.1) is 0 Å². The Bertz CT molecular complexity index is 227. The second-order valence-electron chi connectivity index (χ2n) is 5.54. The van der Waals surface area contributed by atoms with Gasteiger partial charge in [0, 0.05) is 31.7 Å². The molecular formula is C13H26F2N2O. The molecule has 0 aromatic rings. The van der Waals surface area contributed by atoms with Crippen LogP contribution in [0.25, 0.3) is 0 Å². The Kier molecular flexibility index (Phi) is 7.04. The number of halogens is 2. The van der Waals surface area contributed by atoms with Crippen LogP contribution in [0.3, 0.4) is 0 Å². The zero-order valence-corrected chi connectivity index (χ0v) is 11.7. The summed E-state index contributed by atoms with van der Waals surface area (Å²) in [5.41, 5.74) is 0. The van der Waals surface area contributed by atoms with Crippen LogP contribution in [-0.2, 0) is 4.74 Å². The molecule has 0 aromatic heterocycles. The SMILES string of the molecule is CC(C)CC1CN(CCOCC(F)F)C(C)CN1. The topological polar surface area (TPSA) is 24.5 Å². The zero-order valence-electron chi connectivity index (χ0n) is 11.7. The fraction of sp³-hybridized carbons (Fsp3) is 1.00. The molecule has 108 valence electrons. The summed E-state index contributed by atoms with van der Waals surface area (Å²) in [6, 6.07) is 0.958. The molecule has 5 heteroatoms. The molecule has 2 unspecified atom stereocenters. The summed E-state index contributed by atoms with van der Waals surface area (Å²) in [6.07, 6.45) is -1.21. The first kappa shape index (κ1) is 15.8. The van der Waals surface area contributed by atoms with E-state index >= 15 is 0 Å². The number of hydrogen-bond acceptors (Lipinski definition) is 3. The van der Waals surface area contributed by atoms with E-state index in [1.54, 1.807) is 0 Å². The normalized spacial score (nSPS) is 26.2. The van der Waals surface area contributed by atoms with Gasteiger partial charge in [-0.05, 0) is 19.3 Å². The van der Waals surface area contributed by atoms with Crippen LogP contribution < -0.4 is 5.32 Å². The van der Waals surface area contributed by atoms with Crippen molar-refractivity contribution in [2.75, 3.05) is 32.8 Å². The van der Waals surface area contributed by atoms with Gasteiger partial charge in [0.15, 0.2) is 0 Å². The molecular weight excluding hydrogens is 238 g/mol. The van der Waals surface area contributed by atoms with Crippen LogP contribution in [0.5, 0.6) is 0 Å². The minimum atomic E-state index is -2.36. The van der Waals surface area contributed by atoms with Gasteiger partial charge in [0.25, 0.3) is 6.43 Å². The van der Waals surface area contributed by atoms with Crippen molar-refractivity contribution < 1.29 is 13.5 Å². The molecule has 0 radical (unpaired) electrons. The number of nitrogens with one attached hydrogen (secondary N) is 1. The highest BCUT2D eigenvalue weighted by molar-refractivity contribution is 4.84. The Balaban J connectivity index is 2.24. The Morgan fingerprint density at radius 2 is 2.11 bits per heavy atom. The van der Waals surface area contributed by atoms with Crippen molar-refractivity contribution in [3.05, 3.63) is 0 Å². The van der Waals surface area contributed by atoms with Crippen molar-refractivity contribution in [3.8, 4) is 0 Å². The number of rotatable bonds is 7. The highest BCUT2D eigenvalue weighted by Crippen LogP contribution is 2.12. The minimum Gasteiger partial charge on any atom is -0.374 e. The van der Waals surface area contributed by atoms with Crippen LogP contribution in [0, 0.1) is 5.92 Å². The molecule has 0 saturated carbocycles. The third kappa shape index (κ3) is 6.07. The smallest absolute Gasteiger partial charge is 0.261 e. The van der Waals surface area contributed by atoms with Crippen molar-refractivity contribution in [2.45, 2.75) is 45.7 Å². The Labute approximate surface area is 109 Å². The molecule has 1 aliphatic heterocycles. The maximum atomic E-state index is 11.9. The van der Waals surface area contributed by atoms with Gasteiger partial charge in [-0.1, -0.05) is 13.8 Å². The van der Waals surface area contributed by atoms with Crippen molar-refractivity contribution >= 4 is 0 Å². The summed E-state index contributed by atoms with van der Waals surface area (Å²) >= 11 is 0. The van der Waals surface area contributed by atoms with Crippen LogP contribution in [-0.4, -0.2) is 56.3 Å². The molecule has 2 atom stereocenters. The van der Waals surface area contributed by atoms with Gasteiger partial charge in [0.05, 0.1) is 6.61 Å². The number of nitrogens with zero attached hydrogens (tertiary/aromatic N) is 1. The first-order valence-electron chi connectivity index (χ1n) is 6.82. The predicted octanol–water partition coefficient (Wildman–Crippen LogP) is 1.98. The molecule has 18 heavy (non-hydrogen) atoms. The molecule has 1 heterocycles. The van der Waals surface area contributed by atoms with Crippen LogP contribution in [0.4, 0.5) is 8.78 Å². The molecule has 1 rings (SSSR count). The molecule has 1 fully saturated rings. The van der Waals surface area contributed by atoms with Gasteiger partial charge in [-0.25, -0.2) is 8.78 Å². The second kappa shape index (κ2) is 8.02. The van der Waals surface area contributed by atoms with Crippen molar-refractivity contribution in [3.63, 3.8) is 0 Å². The number of ether oxygens (including phenoxy) is 1. The largest absolute Gasteiger partial charge is 0.374 e. The highest BCUT2D eigenvalue weighted by atomic mass is 19.3. The highest BCUT2D eigenvalue weighted by Gasteiger charge is 2.24. The predicted molar refractivity (Wildman–Crippen MR) is 69.1 cm³/mol. The average molecular weight is 264 g/mol. The summed E-state index contributed by atoms with van der Waals surface area (Å²) in [5.74, 6) is 0.674. The molecule has 0 aliphatic carbocycles. The lowest BCUT2D eigenvalue weighted by molar-refractivity contribution is 0.00209. The van der Waals surface area contributed by atoms with Gasteiger partial charge < -0.3 is 10.1 Å². The van der Waals surface area contributed by atoms with Crippen LogP contribution in [0.15, 0.2) is 0 Å². The number of hydrogen-bond donors (Lipinski definition) is 1. The van der Waals surface area contributed by atoms with E-state index in [9.17, 15) is 8.78 Å². The number of alkyl halides is 2. The third-order valence-corrected chi connectivity index (χ3v) is 3.30. The summed E-state index contributed by atoms with van der Waals surface area (Å²) in [7, 11) is 0. The lowest BCUT2D eigenvalue weighted by atomic mass is 10.0. The van der Waals surface area contributed by atoms with E-state index in [0.717, 1.165) is 26.1 Å². The summed E-state index contributed by atoms with van der Waals surface area (Å²) in [6.45, 7) is 9.23. The van der Waals surface area contributed by atoms with E-state index in [1.165, 1.54) is 0 Å². The maximum Gasteiger partial charge on any atom is 0.261 e. The lowest BCUT2D eigenvalue weighted by Crippen LogP contribution is -2.56. The molecule has 0 amide bonds. The van der Waals surface area contributed by atoms with E-state index < -0.39 is 13.0 Å². The first-order chi connectivity index (χ1) is 8.49. The van der Waals surface area contributed by atoms with Crippen LogP contribution >= 0.6 is 0 Å². The molecule has 0 spiro atoms. The van der Waals surface area contributed by atoms with Gasteiger partial charge >= 0.3 is 0 Å². The third-order valence-electron chi connectivity index (χ3n) is 3.30. The van der Waals surface area contributed by atoms with Gasteiger partial charge in [0.1, 0.15) is 6.61 Å². The van der Waals surface area contributed by atoms with E-state index in [0.29, 0.717) is 24.6 Å². The summed E-state index contributed by atoms with van der Waals surface area (Å²) in [4.78, 5) is 2.33. The van der Waals surface area contributed by atoms with E-state index in [1.807, 2.05) is 0 Å². The Morgan fingerprint density at radius 3 is 2.72 bits per heavy atom. The molecule has 0 aromatic carbocycles. The van der Waals surface area contributed by atoms with E-state index in [4.69, 9.17) is 4.74 Å². The average Bonchev–Trinajstić information content (AvgIpc) is 2.27. The zero-order chi connectivity index (χ0) is 13.5. The Morgan fingerprint density at radius 1 is 1.39 bits per heavy atom. The lowest BCUT2D eigenvalue weighted by Gasteiger charge is -2.39.